The molecule has 0 spiro atoms. The fourth-order valence-corrected chi connectivity index (χ4v) is 2.56. The van der Waals surface area contributed by atoms with Crippen LogP contribution < -0.4 is 10.6 Å². The summed E-state index contributed by atoms with van der Waals surface area (Å²) in [5.74, 6) is -1.02. The van der Waals surface area contributed by atoms with Crippen molar-refractivity contribution in [2.75, 3.05) is 7.11 Å². The molecule has 0 saturated carbocycles. The second-order valence-electron chi connectivity index (χ2n) is 6.74. The van der Waals surface area contributed by atoms with Crippen LogP contribution in [0.15, 0.2) is 0 Å². The zero-order valence-corrected chi connectivity index (χ0v) is 14.5. The first-order valence-corrected chi connectivity index (χ1v) is 7.81. The zero-order chi connectivity index (χ0) is 17.6. The number of hydrogen-bond acceptors (Lipinski definition) is 5. The number of carbonyl (C=O) groups is 3. The van der Waals surface area contributed by atoms with Crippen LogP contribution in [0.4, 0.5) is 4.79 Å². The van der Waals surface area contributed by atoms with E-state index in [1.54, 1.807) is 20.8 Å². The Morgan fingerprint density at radius 3 is 2.61 bits per heavy atom. The summed E-state index contributed by atoms with van der Waals surface area (Å²) in [5, 5.41) is 5.39. The minimum absolute atomic E-state index is 0.0809. The van der Waals surface area contributed by atoms with Gasteiger partial charge in [0.05, 0.1) is 7.11 Å². The van der Waals surface area contributed by atoms with Gasteiger partial charge in [-0.05, 0) is 33.6 Å². The van der Waals surface area contributed by atoms with Crippen molar-refractivity contribution >= 4 is 25.2 Å². The second-order valence-corrected chi connectivity index (χ2v) is 6.74. The summed E-state index contributed by atoms with van der Waals surface area (Å²) in [7, 11) is 3.24. The highest BCUT2D eigenvalue weighted by Crippen LogP contribution is 2.23. The van der Waals surface area contributed by atoms with Crippen LogP contribution in [0.3, 0.4) is 0 Å². The van der Waals surface area contributed by atoms with Gasteiger partial charge in [-0.15, -0.1) is 0 Å². The third-order valence-electron chi connectivity index (χ3n) is 3.50. The Hall–Kier alpha value is -1.73. The van der Waals surface area contributed by atoms with Gasteiger partial charge in [0.25, 0.3) is 0 Å². The molecule has 1 fully saturated rings. The molecule has 0 bridgehead atoms. The number of ether oxygens (including phenoxy) is 2. The van der Waals surface area contributed by atoms with Crippen LogP contribution in [-0.4, -0.2) is 50.0 Å². The third kappa shape index (κ3) is 6.50. The molecule has 7 nitrogen and oxygen atoms in total. The summed E-state index contributed by atoms with van der Waals surface area (Å²) < 4.78 is 9.87. The van der Waals surface area contributed by atoms with Crippen molar-refractivity contribution in [1.29, 1.82) is 0 Å². The lowest BCUT2D eigenvalue weighted by Gasteiger charge is -2.23. The fourth-order valence-electron chi connectivity index (χ4n) is 2.56. The maximum absolute atomic E-state index is 12.0. The van der Waals surface area contributed by atoms with Crippen molar-refractivity contribution in [2.45, 2.75) is 64.4 Å². The molecule has 2 amide bonds. The van der Waals surface area contributed by atoms with Crippen LogP contribution in [0.1, 0.15) is 33.6 Å². The second kappa shape index (κ2) is 8.22. The standard InChI is InChI=1S/C15H26BN2O5/c1-15(2,3)23-14(21)18-11(13(20)22-5)7-9-6-10(8-16-4)17-12(9)19/h9-11H,6-8H2,1-5H3,(H,17,19)(H,18,21)/t9-,10?,11-/m0/s1. The van der Waals surface area contributed by atoms with Crippen molar-refractivity contribution < 1.29 is 23.9 Å². The number of amides is 2. The largest absolute Gasteiger partial charge is 0.467 e. The van der Waals surface area contributed by atoms with E-state index >= 15 is 0 Å². The maximum atomic E-state index is 12.0. The highest BCUT2D eigenvalue weighted by atomic mass is 16.6. The minimum Gasteiger partial charge on any atom is -0.467 e. The van der Waals surface area contributed by atoms with E-state index in [0.29, 0.717) is 6.42 Å². The zero-order valence-electron chi connectivity index (χ0n) is 14.5. The first-order chi connectivity index (χ1) is 10.7. The predicted molar refractivity (Wildman–Crippen MR) is 86.3 cm³/mol. The Labute approximate surface area is 138 Å². The summed E-state index contributed by atoms with van der Waals surface area (Å²) in [6.07, 6.45) is 0.902. The molecule has 0 aromatic rings. The average Bonchev–Trinajstić information content (AvgIpc) is 2.75. The van der Waals surface area contributed by atoms with Crippen molar-refractivity contribution in [3.05, 3.63) is 0 Å². The third-order valence-corrected chi connectivity index (χ3v) is 3.50. The molecule has 129 valence electrons. The van der Waals surface area contributed by atoms with E-state index in [9.17, 15) is 14.4 Å². The molecule has 3 atom stereocenters. The van der Waals surface area contributed by atoms with E-state index in [1.165, 1.54) is 7.11 Å². The minimum atomic E-state index is -0.907. The van der Waals surface area contributed by atoms with Gasteiger partial charge in [0, 0.05) is 12.0 Å². The van der Waals surface area contributed by atoms with Gasteiger partial charge >= 0.3 is 12.1 Å². The first-order valence-electron chi connectivity index (χ1n) is 7.81. The van der Waals surface area contributed by atoms with Gasteiger partial charge in [0.15, 0.2) is 0 Å². The molecule has 0 aliphatic carbocycles. The Balaban J connectivity index is 2.67. The average molecular weight is 325 g/mol. The number of nitrogens with one attached hydrogen (secondary N) is 2. The molecule has 1 aliphatic rings. The number of carbonyl (C=O) groups excluding carboxylic acids is 3. The molecular formula is C15H26BN2O5. The topological polar surface area (TPSA) is 93.7 Å². The van der Waals surface area contributed by atoms with Crippen LogP contribution in [0.5, 0.6) is 0 Å². The van der Waals surface area contributed by atoms with Gasteiger partial charge in [0.2, 0.25) is 5.91 Å². The van der Waals surface area contributed by atoms with E-state index in [1.807, 2.05) is 14.1 Å². The van der Waals surface area contributed by atoms with E-state index in [4.69, 9.17) is 9.47 Å². The molecule has 1 aliphatic heterocycles. The molecule has 8 heteroatoms. The SMILES string of the molecule is C[B]CC1C[C@@H](C[C@H](NC(=O)OC(C)(C)C)C(=O)OC)C(=O)N1. The monoisotopic (exact) mass is 325 g/mol. The van der Waals surface area contributed by atoms with E-state index in [0.717, 1.165) is 6.32 Å². The van der Waals surface area contributed by atoms with Crippen molar-refractivity contribution in [3.63, 3.8) is 0 Å². The summed E-state index contributed by atoms with van der Waals surface area (Å²) in [6.45, 7) is 7.13. The van der Waals surface area contributed by atoms with Gasteiger partial charge in [-0.25, -0.2) is 9.59 Å². The molecule has 1 rings (SSSR count). The molecule has 2 N–H and O–H groups in total. The first kappa shape index (κ1) is 19.3. The smallest absolute Gasteiger partial charge is 0.408 e. The normalized spacial score (nSPS) is 22.0. The predicted octanol–water partition coefficient (Wildman–Crippen LogP) is 1.12. The van der Waals surface area contributed by atoms with Gasteiger partial charge in [-0.2, -0.15) is 0 Å². The van der Waals surface area contributed by atoms with E-state index in [2.05, 4.69) is 10.6 Å². The number of methoxy groups -OCH3 is 1. The number of alkyl carbamates (subject to hydrolysis) is 1. The van der Waals surface area contributed by atoms with E-state index in [-0.39, 0.29) is 24.3 Å². The molecule has 1 radical (unpaired) electrons. The number of rotatable bonds is 6. The Morgan fingerprint density at radius 1 is 1.43 bits per heavy atom. The molecule has 1 saturated heterocycles. The number of hydrogen-bond donors (Lipinski definition) is 2. The molecule has 0 aromatic carbocycles. The summed E-state index contributed by atoms with van der Waals surface area (Å²) in [4.78, 5) is 35.7. The van der Waals surface area contributed by atoms with Gasteiger partial charge in [-0.1, -0.05) is 13.1 Å². The van der Waals surface area contributed by atoms with Gasteiger partial charge in [-0.3, -0.25) is 4.79 Å². The summed E-state index contributed by atoms with van der Waals surface area (Å²) in [6, 6.07) is -0.827. The van der Waals surface area contributed by atoms with Crippen LogP contribution in [0.2, 0.25) is 13.1 Å². The van der Waals surface area contributed by atoms with Crippen molar-refractivity contribution in [1.82, 2.24) is 10.6 Å². The van der Waals surface area contributed by atoms with Gasteiger partial charge in [0.1, 0.15) is 18.9 Å². The molecule has 1 unspecified atom stereocenters. The molecule has 23 heavy (non-hydrogen) atoms. The van der Waals surface area contributed by atoms with Gasteiger partial charge < -0.3 is 20.1 Å². The molecule has 0 aromatic heterocycles. The Bertz CT molecular complexity index is 450. The number of esters is 1. The lowest BCUT2D eigenvalue weighted by atomic mass is 9.74. The lowest BCUT2D eigenvalue weighted by Crippen LogP contribution is -2.45. The summed E-state index contributed by atoms with van der Waals surface area (Å²) >= 11 is 0. The van der Waals surface area contributed by atoms with E-state index < -0.39 is 23.7 Å². The highest BCUT2D eigenvalue weighted by molar-refractivity contribution is 6.33. The van der Waals surface area contributed by atoms with Crippen molar-refractivity contribution in [3.8, 4) is 0 Å². The summed E-state index contributed by atoms with van der Waals surface area (Å²) in [5.41, 5.74) is -0.669. The van der Waals surface area contributed by atoms with Crippen LogP contribution in [0, 0.1) is 5.92 Å². The fraction of sp³-hybridized carbons (Fsp3) is 0.800. The van der Waals surface area contributed by atoms with Crippen LogP contribution in [-0.2, 0) is 19.1 Å². The highest BCUT2D eigenvalue weighted by Gasteiger charge is 2.36. The lowest BCUT2D eigenvalue weighted by molar-refractivity contribution is -0.143. The quantitative estimate of drug-likeness (QED) is 0.564. The molecular weight excluding hydrogens is 299 g/mol. The molecule has 1 heterocycles. The maximum Gasteiger partial charge on any atom is 0.408 e. The Kier molecular flexibility index (Phi) is 6.90. The Morgan fingerprint density at radius 2 is 2.09 bits per heavy atom. The van der Waals surface area contributed by atoms with Crippen molar-refractivity contribution in [2.24, 2.45) is 5.92 Å². The van der Waals surface area contributed by atoms with Crippen LogP contribution >= 0.6 is 0 Å². The van der Waals surface area contributed by atoms with Crippen LogP contribution in [0.25, 0.3) is 0 Å².